The van der Waals surface area contributed by atoms with Gasteiger partial charge < -0.3 is 5.32 Å². The van der Waals surface area contributed by atoms with Gasteiger partial charge in [0.1, 0.15) is 5.82 Å². The Morgan fingerprint density at radius 2 is 1.86 bits per heavy atom. The Morgan fingerprint density at radius 3 is 2.36 bits per heavy atom. The van der Waals surface area contributed by atoms with Crippen LogP contribution >= 0.6 is 0 Å². The van der Waals surface area contributed by atoms with E-state index < -0.39 is 10.0 Å². The van der Waals surface area contributed by atoms with E-state index in [2.05, 4.69) is 5.32 Å². The topological polar surface area (TPSA) is 66.5 Å². The van der Waals surface area contributed by atoms with Gasteiger partial charge in [0, 0.05) is 13.1 Å². The maximum absolute atomic E-state index is 12.9. The van der Waals surface area contributed by atoms with Crippen molar-refractivity contribution in [1.82, 2.24) is 9.62 Å². The fourth-order valence-electron chi connectivity index (χ4n) is 1.80. The molecule has 0 heterocycles. The number of carbonyl (C=O) groups excluding carboxylic acids is 1. The minimum atomic E-state index is -3.53. The first-order valence-corrected chi connectivity index (χ1v) is 8.99. The summed E-state index contributed by atoms with van der Waals surface area (Å²) in [5.74, 6) is -0.264. The molecule has 1 N–H and O–H groups in total. The molecule has 0 aliphatic rings. The Hall–Kier alpha value is -1.47. The van der Waals surface area contributed by atoms with Crippen molar-refractivity contribution in [3.63, 3.8) is 0 Å². The summed E-state index contributed by atoms with van der Waals surface area (Å²) < 4.78 is 37.5. The van der Waals surface area contributed by atoms with Crippen molar-refractivity contribution < 1.29 is 17.6 Å². The molecule has 0 aliphatic heterocycles. The molecule has 0 spiro atoms. The third-order valence-electron chi connectivity index (χ3n) is 3.11. The average molecular weight is 330 g/mol. The lowest BCUT2D eigenvalue weighted by atomic mass is 10.1. The van der Waals surface area contributed by atoms with Gasteiger partial charge in [-0.25, -0.2) is 12.8 Å². The van der Waals surface area contributed by atoms with Gasteiger partial charge in [0.25, 0.3) is 0 Å². The van der Waals surface area contributed by atoms with Crippen molar-refractivity contribution in [2.45, 2.75) is 26.8 Å². The number of halogens is 1. The number of amides is 1. The molecule has 0 fully saturated rings. The summed E-state index contributed by atoms with van der Waals surface area (Å²) in [6.07, 6.45) is 1.89. The van der Waals surface area contributed by atoms with Gasteiger partial charge in [0.2, 0.25) is 15.9 Å². The first-order chi connectivity index (χ1) is 10.2. The molecule has 0 atom stereocenters. The van der Waals surface area contributed by atoms with E-state index in [9.17, 15) is 17.6 Å². The third-order valence-corrected chi connectivity index (χ3v) is 4.30. The molecule has 124 valence electrons. The number of sulfonamides is 1. The molecule has 7 heteroatoms. The number of hydrogen-bond donors (Lipinski definition) is 1. The maximum atomic E-state index is 12.9. The number of carbonyl (C=O) groups is 1. The van der Waals surface area contributed by atoms with Crippen LogP contribution in [0.3, 0.4) is 0 Å². The highest BCUT2D eigenvalue weighted by molar-refractivity contribution is 7.88. The van der Waals surface area contributed by atoms with Gasteiger partial charge in [0.15, 0.2) is 0 Å². The van der Waals surface area contributed by atoms with Gasteiger partial charge in [-0.1, -0.05) is 26.0 Å². The fourth-order valence-corrected chi connectivity index (χ4v) is 2.54. The van der Waals surface area contributed by atoms with E-state index >= 15 is 0 Å². The number of rotatable bonds is 8. The lowest BCUT2D eigenvalue weighted by Crippen LogP contribution is -2.40. The van der Waals surface area contributed by atoms with Crippen LogP contribution in [0, 0.1) is 11.7 Å². The zero-order valence-electron chi connectivity index (χ0n) is 13.2. The van der Waals surface area contributed by atoms with E-state index in [1.54, 1.807) is 0 Å². The highest BCUT2D eigenvalue weighted by atomic mass is 32.2. The van der Waals surface area contributed by atoms with Gasteiger partial charge in [-0.05, 0) is 30.0 Å². The highest BCUT2D eigenvalue weighted by Crippen LogP contribution is 2.09. The molecule has 0 saturated carbocycles. The smallest absolute Gasteiger partial charge is 0.235 e. The molecule has 1 aromatic rings. The van der Waals surface area contributed by atoms with E-state index in [1.807, 2.05) is 13.8 Å². The van der Waals surface area contributed by atoms with Gasteiger partial charge in [-0.3, -0.25) is 4.79 Å². The second-order valence-corrected chi connectivity index (χ2v) is 7.67. The fraction of sp³-hybridized carbons (Fsp3) is 0.533. The molecule has 0 aliphatic carbocycles. The lowest BCUT2D eigenvalue weighted by Gasteiger charge is -2.19. The van der Waals surface area contributed by atoms with Crippen LogP contribution < -0.4 is 5.32 Å². The van der Waals surface area contributed by atoms with Crippen LogP contribution in [0.4, 0.5) is 4.39 Å². The second-order valence-electron chi connectivity index (χ2n) is 5.69. The largest absolute Gasteiger partial charge is 0.355 e. The highest BCUT2D eigenvalue weighted by Gasteiger charge is 2.20. The summed E-state index contributed by atoms with van der Waals surface area (Å²) in [6.45, 7) is 4.41. The van der Waals surface area contributed by atoms with Crippen molar-refractivity contribution >= 4 is 15.9 Å². The van der Waals surface area contributed by atoms with Gasteiger partial charge in [-0.2, -0.15) is 4.31 Å². The summed E-state index contributed by atoms with van der Waals surface area (Å²) in [5, 5.41) is 2.71. The summed E-state index contributed by atoms with van der Waals surface area (Å²) >= 11 is 0. The second kappa shape index (κ2) is 8.24. The van der Waals surface area contributed by atoms with Crippen LogP contribution in [0.1, 0.15) is 25.8 Å². The SMILES string of the molecule is CC(C)CCNC(=O)CN(Cc1ccc(F)cc1)S(C)(=O)=O. The monoisotopic (exact) mass is 330 g/mol. The van der Waals surface area contributed by atoms with Crippen LogP contribution in [-0.2, 0) is 21.4 Å². The minimum absolute atomic E-state index is 0.0384. The molecule has 0 saturated heterocycles. The average Bonchev–Trinajstić information content (AvgIpc) is 2.39. The van der Waals surface area contributed by atoms with Crippen LogP contribution in [0.25, 0.3) is 0 Å². The molecule has 0 bridgehead atoms. The van der Waals surface area contributed by atoms with Crippen molar-refractivity contribution in [3.8, 4) is 0 Å². The summed E-state index contributed by atoms with van der Waals surface area (Å²) in [7, 11) is -3.53. The summed E-state index contributed by atoms with van der Waals surface area (Å²) in [4.78, 5) is 11.8. The van der Waals surface area contributed by atoms with Crippen LogP contribution in [0.5, 0.6) is 0 Å². The van der Waals surface area contributed by atoms with Crippen LogP contribution in [0.15, 0.2) is 24.3 Å². The Morgan fingerprint density at radius 1 is 1.27 bits per heavy atom. The molecule has 0 radical (unpaired) electrons. The quantitative estimate of drug-likeness (QED) is 0.790. The van der Waals surface area contributed by atoms with E-state index in [1.165, 1.54) is 24.3 Å². The van der Waals surface area contributed by atoms with Gasteiger partial charge >= 0.3 is 0 Å². The number of nitrogens with zero attached hydrogens (tertiary/aromatic N) is 1. The zero-order chi connectivity index (χ0) is 16.8. The molecule has 22 heavy (non-hydrogen) atoms. The standard InChI is InChI=1S/C15H23FN2O3S/c1-12(2)8-9-17-15(19)11-18(22(3,20)21)10-13-4-6-14(16)7-5-13/h4-7,12H,8-11H2,1-3H3,(H,17,19). The van der Waals surface area contributed by atoms with Crippen molar-refractivity contribution in [3.05, 3.63) is 35.6 Å². The Bertz CT molecular complexity index is 585. The molecule has 0 aromatic heterocycles. The molecular weight excluding hydrogens is 307 g/mol. The first-order valence-electron chi connectivity index (χ1n) is 7.14. The van der Waals surface area contributed by atoms with E-state index in [0.29, 0.717) is 18.0 Å². The summed E-state index contributed by atoms with van der Waals surface area (Å²) in [5.41, 5.74) is 0.627. The minimum Gasteiger partial charge on any atom is -0.355 e. The van der Waals surface area contributed by atoms with Crippen LogP contribution in [-0.4, -0.2) is 38.0 Å². The predicted molar refractivity (Wildman–Crippen MR) is 84.1 cm³/mol. The lowest BCUT2D eigenvalue weighted by molar-refractivity contribution is -0.121. The van der Waals surface area contributed by atoms with Crippen molar-refractivity contribution in [2.75, 3.05) is 19.3 Å². The van der Waals surface area contributed by atoms with Gasteiger partial charge in [0.05, 0.1) is 12.8 Å². The Labute approximate surface area is 131 Å². The van der Waals surface area contributed by atoms with E-state index in [4.69, 9.17) is 0 Å². The molecule has 1 amide bonds. The third kappa shape index (κ3) is 7.00. The van der Waals surface area contributed by atoms with E-state index in [0.717, 1.165) is 17.0 Å². The first kappa shape index (κ1) is 18.6. The predicted octanol–water partition coefficient (Wildman–Crippen LogP) is 1.75. The van der Waals surface area contributed by atoms with Crippen LogP contribution in [0.2, 0.25) is 0 Å². The summed E-state index contributed by atoms with van der Waals surface area (Å²) in [6, 6.07) is 5.53. The molecule has 1 aromatic carbocycles. The van der Waals surface area contributed by atoms with Crippen molar-refractivity contribution in [1.29, 1.82) is 0 Å². The maximum Gasteiger partial charge on any atom is 0.235 e. The number of benzene rings is 1. The normalized spacial score (nSPS) is 11.9. The van der Waals surface area contributed by atoms with E-state index in [-0.39, 0.29) is 24.8 Å². The Balaban J connectivity index is 2.65. The zero-order valence-corrected chi connectivity index (χ0v) is 14.0. The van der Waals surface area contributed by atoms with Crippen molar-refractivity contribution in [2.24, 2.45) is 5.92 Å². The Kier molecular flexibility index (Phi) is 6.96. The number of nitrogens with one attached hydrogen (secondary N) is 1. The number of hydrogen-bond acceptors (Lipinski definition) is 3. The molecule has 5 nitrogen and oxygen atoms in total. The van der Waals surface area contributed by atoms with Gasteiger partial charge in [-0.15, -0.1) is 0 Å². The molecule has 0 unspecified atom stereocenters. The molecular formula is C15H23FN2O3S. The molecule has 1 rings (SSSR count).